The van der Waals surface area contributed by atoms with Gasteiger partial charge in [-0.05, 0) is 63.4 Å². The normalized spacial score (nSPS) is 11.3. The minimum absolute atomic E-state index is 1.09. The van der Waals surface area contributed by atoms with Gasteiger partial charge in [-0.3, -0.25) is 0 Å². The van der Waals surface area contributed by atoms with Crippen LogP contribution in [0.2, 0.25) is 0 Å². The molecule has 0 saturated carbocycles. The Morgan fingerprint density at radius 3 is 1.89 bits per heavy atom. The van der Waals surface area contributed by atoms with Crippen molar-refractivity contribution >= 4 is 53.7 Å². The number of rotatable bonds is 4. The molecule has 0 amide bonds. The second-order valence-corrected chi connectivity index (χ2v) is 10.2. The second kappa shape index (κ2) is 8.67. The van der Waals surface area contributed by atoms with E-state index in [0.717, 1.165) is 11.4 Å². The minimum atomic E-state index is 1.09. The predicted octanol–water partition coefficient (Wildman–Crippen LogP) is 10.3. The van der Waals surface area contributed by atoms with Crippen molar-refractivity contribution in [3.05, 3.63) is 133 Å². The summed E-state index contributed by atoms with van der Waals surface area (Å²) in [6, 6.07) is 47.8. The third kappa shape index (κ3) is 3.64. The maximum absolute atomic E-state index is 3.66. The molecule has 1 N–H and O–H groups in total. The summed E-state index contributed by atoms with van der Waals surface area (Å²) >= 11 is 1.85. The van der Waals surface area contributed by atoms with Crippen LogP contribution >= 0.6 is 11.3 Å². The van der Waals surface area contributed by atoms with E-state index in [-0.39, 0.29) is 0 Å². The van der Waals surface area contributed by atoms with Gasteiger partial charge in [0.05, 0.1) is 0 Å². The van der Waals surface area contributed by atoms with E-state index in [2.05, 4.69) is 139 Å². The molecule has 1 heterocycles. The van der Waals surface area contributed by atoms with E-state index in [0.29, 0.717) is 0 Å². The number of hydrogen-bond donors (Lipinski definition) is 1. The number of benzene rings is 6. The molecule has 0 bridgehead atoms. The van der Waals surface area contributed by atoms with E-state index < -0.39 is 0 Å². The molecule has 1 nitrogen and oxygen atoms in total. The molecule has 1 aromatic heterocycles. The molecule has 0 atom stereocenters. The van der Waals surface area contributed by atoms with Gasteiger partial charge in [0, 0.05) is 31.5 Å². The lowest BCUT2D eigenvalue weighted by molar-refractivity contribution is 1.56. The van der Waals surface area contributed by atoms with Crippen LogP contribution in [0.4, 0.5) is 11.4 Å². The highest BCUT2D eigenvalue weighted by Crippen LogP contribution is 2.39. The summed E-state index contributed by atoms with van der Waals surface area (Å²) in [5.74, 6) is 0. The van der Waals surface area contributed by atoms with Crippen molar-refractivity contribution < 1.29 is 0 Å². The lowest BCUT2D eigenvalue weighted by Gasteiger charge is -2.11. The lowest BCUT2D eigenvalue weighted by atomic mass is 9.96. The van der Waals surface area contributed by atoms with Crippen molar-refractivity contribution in [3.63, 3.8) is 0 Å². The van der Waals surface area contributed by atoms with E-state index in [9.17, 15) is 0 Å². The summed E-state index contributed by atoms with van der Waals surface area (Å²) in [7, 11) is 0. The summed E-state index contributed by atoms with van der Waals surface area (Å²) in [4.78, 5) is 0. The fourth-order valence-corrected chi connectivity index (χ4v) is 6.23. The van der Waals surface area contributed by atoms with Gasteiger partial charge >= 0.3 is 0 Å². The van der Waals surface area contributed by atoms with E-state index in [1.165, 1.54) is 53.2 Å². The molecule has 7 aromatic rings. The highest BCUT2D eigenvalue weighted by Gasteiger charge is 2.09. The van der Waals surface area contributed by atoms with Gasteiger partial charge in [-0.1, -0.05) is 103 Å². The Balaban J connectivity index is 1.17. The quantitative estimate of drug-likeness (QED) is 0.266. The molecule has 0 aliphatic heterocycles. The Kier molecular flexibility index (Phi) is 5.04. The average molecular weight is 478 g/mol. The molecular weight excluding hydrogens is 454 g/mol. The number of anilines is 2. The first-order valence-electron chi connectivity index (χ1n) is 12.2. The standard InChI is InChI=1S/C34H23NS/c1-2-9-28-25(7-1)8-5-11-29(28)26-17-15-23(16-18-26)24-19-21-27(22-20-24)35-31-12-6-14-33-34(31)30-10-3-4-13-32(30)36-33/h1-22,35H. The minimum Gasteiger partial charge on any atom is -0.355 e. The Morgan fingerprint density at radius 1 is 0.444 bits per heavy atom. The van der Waals surface area contributed by atoms with E-state index in [4.69, 9.17) is 0 Å². The molecule has 170 valence electrons. The van der Waals surface area contributed by atoms with Gasteiger partial charge in [-0.15, -0.1) is 11.3 Å². The molecule has 0 aliphatic carbocycles. The summed E-state index contributed by atoms with van der Waals surface area (Å²) in [6.45, 7) is 0. The monoisotopic (exact) mass is 477 g/mol. The maximum Gasteiger partial charge on any atom is 0.0478 e. The van der Waals surface area contributed by atoms with Gasteiger partial charge in [-0.25, -0.2) is 0 Å². The Hall–Kier alpha value is -4.40. The molecule has 0 fully saturated rings. The Morgan fingerprint density at radius 2 is 1.06 bits per heavy atom. The third-order valence-corrected chi connectivity index (χ3v) is 8.02. The summed E-state index contributed by atoms with van der Waals surface area (Å²) in [5, 5.41) is 8.82. The van der Waals surface area contributed by atoms with Gasteiger partial charge in [0.1, 0.15) is 0 Å². The third-order valence-electron chi connectivity index (χ3n) is 6.89. The molecule has 0 saturated heterocycles. The van der Waals surface area contributed by atoms with Crippen LogP contribution in [-0.4, -0.2) is 0 Å². The SMILES string of the molecule is c1ccc2c(-c3ccc(-c4ccc(Nc5cccc6sc7ccccc7c56)cc4)cc3)cccc2c1. The second-order valence-electron chi connectivity index (χ2n) is 9.08. The molecule has 6 aromatic carbocycles. The van der Waals surface area contributed by atoms with Crippen LogP contribution in [0.1, 0.15) is 0 Å². The number of hydrogen-bond acceptors (Lipinski definition) is 2. The van der Waals surface area contributed by atoms with Crippen molar-refractivity contribution in [2.45, 2.75) is 0 Å². The topological polar surface area (TPSA) is 12.0 Å². The van der Waals surface area contributed by atoms with E-state index >= 15 is 0 Å². The van der Waals surface area contributed by atoms with Gasteiger partial charge in [0.15, 0.2) is 0 Å². The van der Waals surface area contributed by atoms with Gasteiger partial charge in [-0.2, -0.15) is 0 Å². The lowest BCUT2D eigenvalue weighted by Crippen LogP contribution is -1.91. The summed E-state index contributed by atoms with van der Waals surface area (Å²) in [5.41, 5.74) is 7.19. The van der Waals surface area contributed by atoms with Gasteiger partial charge in [0.25, 0.3) is 0 Å². The molecule has 7 rings (SSSR count). The van der Waals surface area contributed by atoms with Crippen molar-refractivity contribution in [2.75, 3.05) is 5.32 Å². The molecule has 36 heavy (non-hydrogen) atoms. The van der Waals surface area contributed by atoms with Crippen LogP contribution in [0.3, 0.4) is 0 Å². The molecule has 0 aliphatic rings. The Labute approximate surface area is 214 Å². The Bertz CT molecular complexity index is 1840. The van der Waals surface area contributed by atoms with Crippen LogP contribution < -0.4 is 5.32 Å². The first-order chi connectivity index (χ1) is 17.8. The van der Waals surface area contributed by atoms with Crippen molar-refractivity contribution in [1.82, 2.24) is 0 Å². The highest BCUT2D eigenvalue weighted by molar-refractivity contribution is 7.25. The average Bonchev–Trinajstić information content (AvgIpc) is 3.33. The van der Waals surface area contributed by atoms with Crippen LogP contribution in [0, 0.1) is 0 Å². The van der Waals surface area contributed by atoms with Crippen LogP contribution in [0.25, 0.3) is 53.2 Å². The maximum atomic E-state index is 3.66. The number of thiophene rings is 1. The summed E-state index contributed by atoms with van der Waals surface area (Å²) in [6.07, 6.45) is 0. The van der Waals surface area contributed by atoms with Crippen LogP contribution in [0.15, 0.2) is 133 Å². The smallest absolute Gasteiger partial charge is 0.0478 e. The summed E-state index contributed by atoms with van der Waals surface area (Å²) < 4.78 is 2.63. The van der Waals surface area contributed by atoms with Gasteiger partial charge in [0.2, 0.25) is 0 Å². The number of fused-ring (bicyclic) bond motifs is 4. The predicted molar refractivity (Wildman–Crippen MR) is 157 cm³/mol. The molecule has 0 unspecified atom stereocenters. The van der Waals surface area contributed by atoms with Crippen LogP contribution in [-0.2, 0) is 0 Å². The zero-order valence-electron chi connectivity index (χ0n) is 19.6. The van der Waals surface area contributed by atoms with Crippen LogP contribution in [0.5, 0.6) is 0 Å². The zero-order valence-corrected chi connectivity index (χ0v) is 20.4. The van der Waals surface area contributed by atoms with Crippen molar-refractivity contribution in [1.29, 1.82) is 0 Å². The fraction of sp³-hybridized carbons (Fsp3) is 0. The first kappa shape index (κ1) is 20.9. The van der Waals surface area contributed by atoms with E-state index in [1.54, 1.807) is 0 Å². The van der Waals surface area contributed by atoms with E-state index in [1.807, 2.05) is 11.3 Å². The number of nitrogens with one attached hydrogen (secondary N) is 1. The highest BCUT2D eigenvalue weighted by atomic mass is 32.1. The van der Waals surface area contributed by atoms with Crippen molar-refractivity contribution in [2.24, 2.45) is 0 Å². The molecule has 0 radical (unpaired) electrons. The molecule has 0 spiro atoms. The zero-order chi connectivity index (χ0) is 23.9. The first-order valence-corrected chi connectivity index (χ1v) is 13.0. The molecule has 2 heteroatoms. The molecular formula is C34H23NS. The van der Waals surface area contributed by atoms with Gasteiger partial charge < -0.3 is 5.32 Å². The largest absolute Gasteiger partial charge is 0.355 e. The van der Waals surface area contributed by atoms with Crippen molar-refractivity contribution in [3.8, 4) is 22.3 Å². The fourth-order valence-electron chi connectivity index (χ4n) is 5.10.